The number of aromatic nitrogens is 1. The minimum atomic E-state index is -3.00. The maximum atomic E-state index is 11.8. The third kappa shape index (κ3) is 6.31. The first-order valence-corrected chi connectivity index (χ1v) is 8.08. The maximum absolute atomic E-state index is 11.8. The molecule has 0 fully saturated rings. The molecule has 108 valence electrons. The number of nitrogens with two attached hydrogens (primary N) is 1. The molecule has 0 unspecified atom stereocenters. The molecule has 20 heavy (non-hydrogen) atoms. The fourth-order valence-corrected chi connectivity index (χ4v) is 2.09. The molecule has 0 aromatic carbocycles. The average Bonchev–Trinajstić information content (AvgIpc) is 2.40. The number of carbonyl (C=O) groups is 1. The normalized spacial score (nSPS) is 10.5. The summed E-state index contributed by atoms with van der Waals surface area (Å²) in [6, 6.07) is 1.61. The van der Waals surface area contributed by atoms with Crippen molar-refractivity contribution in [3.05, 3.63) is 29.6 Å². The minimum Gasteiger partial charge on any atom is -0.352 e. The van der Waals surface area contributed by atoms with Crippen LogP contribution in [0.1, 0.15) is 22.3 Å². The number of pyridine rings is 1. The molecule has 1 amide bonds. The van der Waals surface area contributed by atoms with E-state index in [0.717, 1.165) is 0 Å². The molecule has 0 spiro atoms. The smallest absolute Gasteiger partial charge is 0.252 e. The second kappa shape index (κ2) is 7.62. The Labute approximate surface area is 118 Å². The fraction of sp³-hybridized carbons (Fsp3) is 0.385. The lowest BCUT2D eigenvalue weighted by molar-refractivity contribution is 0.0953. The van der Waals surface area contributed by atoms with Crippen LogP contribution in [-0.2, 0) is 9.84 Å². The zero-order chi connectivity index (χ0) is 15.0. The molecule has 3 N–H and O–H groups in total. The Balaban J connectivity index is 2.55. The standard InChI is InChI=1S/C13H17N3O3S/c1-20(18,19)7-3-6-16-13(17)12-8-11(4-2-5-14)9-15-10-12/h8-10H,3,5-7,14H2,1H3,(H,16,17). The quantitative estimate of drug-likeness (QED) is 0.566. The summed E-state index contributed by atoms with van der Waals surface area (Å²) in [5.74, 6) is 5.21. The number of sulfone groups is 1. The Morgan fingerprint density at radius 3 is 2.85 bits per heavy atom. The summed E-state index contributed by atoms with van der Waals surface area (Å²) in [5, 5.41) is 2.64. The molecule has 0 bridgehead atoms. The molecule has 6 nitrogen and oxygen atoms in total. The van der Waals surface area contributed by atoms with E-state index in [1.165, 1.54) is 12.5 Å². The number of hydrogen-bond donors (Lipinski definition) is 2. The van der Waals surface area contributed by atoms with Crippen LogP contribution in [0.15, 0.2) is 18.5 Å². The van der Waals surface area contributed by atoms with Gasteiger partial charge in [0.2, 0.25) is 0 Å². The van der Waals surface area contributed by atoms with Crippen LogP contribution >= 0.6 is 0 Å². The molecule has 1 rings (SSSR count). The SMILES string of the molecule is CS(=O)(=O)CCCNC(=O)c1cncc(C#CCN)c1. The Morgan fingerprint density at radius 1 is 1.45 bits per heavy atom. The van der Waals surface area contributed by atoms with Gasteiger partial charge in [0.15, 0.2) is 0 Å². The first-order chi connectivity index (χ1) is 9.42. The van der Waals surface area contributed by atoms with E-state index in [1.807, 2.05) is 0 Å². The second-order valence-corrected chi connectivity index (χ2v) is 6.47. The van der Waals surface area contributed by atoms with Gasteiger partial charge in [0.25, 0.3) is 5.91 Å². The van der Waals surface area contributed by atoms with Gasteiger partial charge in [0.1, 0.15) is 9.84 Å². The molecule has 1 heterocycles. The van der Waals surface area contributed by atoms with Gasteiger partial charge in [-0.2, -0.15) is 0 Å². The molecule has 0 atom stereocenters. The van der Waals surface area contributed by atoms with Gasteiger partial charge in [0, 0.05) is 30.8 Å². The van der Waals surface area contributed by atoms with Crippen molar-refractivity contribution in [2.75, 3.05) is 25.1 Å². The van der Waals surface area contributed by atoms with E-state index in [0.29, 0.717) is 24.1 Å². The maximum Gasteiger partial charge on any atom is 0.252 e. The summed E-state index contributed by atoms with van der Waals surface area (Å²) in [7, 11) is -3.00. The van der Waals surface area contributed by atoms with E-state index >= 15 is 0 Å². The highest BCUT2D eigenvalue weighted by atomic mass is 32.2. The van der Waals surface area contributed by atoms with Crippen molar-refractivity contribution in [3.8, 4) is 11.8 Å². The summed E-state index contributed by atoms with van der Waals surface area (Å²) < 4.78 is 21.9. The van der Waals surface area contributed by atoms with E-state index in [2.05, 4.69) is 22.1 Å². The monoisotopic (exact) mass is 295 g/mol. The lowest BCUT2D eigenvalue weighted by atomic mass is 10.2. The van der Waals surface area contributed by atoms with Crippen molar-refractivity contribution in [1.29, 1.82) is 0 Å². The van der Waals surface area contributed by atoms with Crippen LogP contribution in [0.3, 0.4) is 0 Å². The molecule has 0 aliphatic heterocycles. The predicted molar refractivity (Wildman–Crippen MR) is 76.8 cm³/mol. The molecular formula is C13H17N3O3S. The van der Waals surface area contributed by atoms with Gasteiger partial charge in [-0.1, -0.05) is 11.8 Å². The number of rotatable bonds is 5. The van der Waals surface area contributed by atoms with Crippen LogP contribution in [0.5, 0.6) is 0 Å². The molecule has 1 aromatic heterocycles. The third-order valence-corrected chi connectivity index (χ3v) is 3.34. The van der Waals surface area contributed by atoms with E-state index in [9.17, 15) is 13.2 Å². The highest BCUT2D eigenvalue weighted by Crippen LogP contribution is 2.01. The third-order valence-electron chi connectivity index (χ3n) is 2.31. The van der Waals surface area contributed by atoms with E-state index < -0.39 is 9.84 Å². The van der Waals surface area contributed by atoms with E-state index in [4.69, 9.17) is 5.73 Å². The van der Waals surface area contributed by atoms with E-state index in [-0.39, 0.29) is 18.2 Å². The van der Waals surface area contributed by atoms with Crippen molar-refractivity contribution < 1.29 is 13.2 Å². The molecule has 1 aromatic rings. The summed E-state index contributed by atoms with van der Waals surface area (Å²) in [5.41, 5.74) is 6.26. The van der Waals surface area contributed by atoms with Crippen molar-refractivity contribution >= 4 is 15.7 Å². The number of nitrogens with zero attached hydrogens (tertiary/aromatic N) is 1. The zero-order valence-corrected chi connectivity index (χ0v) is 12.0. The summed E-state index contributed by atoms with van der Waals surface area (Å²) in [4.78, 5) is 15.7. The van der Waals surface area contributed by atoms with Crippen molar-refractivity contribution in [2.45, 2.75) is 6.42 Å². The topological polar surface area (TPSA) is 102 Å². The van der Waals surface area contributed by atoms with Gasteiger partial charge >= 0.3 is 0 Å². The summed E-state index contributed by atoms with van der Waals surface area (Å²) in [6.45, 7) is 0.534. The number of nitrogens with one attached hydrogen (secondary N) is 1. The van der Waals surface area contributed by atoms with Gasteiger partial charge < -0.3 is 11.1 Å². The van der Waals surface area contributed by atoms with Crippen LogP contribution in [0.25, 0.3) is 0 Å². The van der Waals surface area contributed by atoms with Gasteiger partial charge in [-0.05, 0) is 12.5 Å². The molecule has 0 aliphatic rings. The van der Waals surface area contributed by atoms with Crippen LogP contribution in [-0.4, -0.2) is 44.4 Å². The second-order valence-electron chi connectivity index (χ2n) is 4.21. The Kier molecular flexibility index (Phi) is 6.15. The Hall–Kier alpha value is -1.91. The average molecular weight is 295 g/mol. The number of hydrogen-bond acceptors (Lipinski definition) is 5. The van der Waals surface area contributed by atoms with Crippen LogP contribution < -0.4 is 11.1 Å². The predicted octanol–water partition coefficient (Wildman–Crippen LogP) is -0.444. The molecular weight excluding hydrogens is 278 g/mol. The van der Waals surface area contributed by atoms with Crippen molar-refractivity contribution in [3.63, 3.8) is 0 Å². The zero-order valence-electron chi connectivity index (χ0n) is 11.2. The summed E-state index contributed by atoms with van der Waals surface area (Å²) >= 11 is 0. The van der Waals surface area contributed by atoms with Gasteiger partial charge in [-0.3, -0.25) is 9.78 Å². The first-order valence-electron chi connectivity index (χ1n) is 6.02. The lowest BCUT2D eigenvalue weighted by Crippen LogP contribution is -2.26. The molecule has 0 saturated carbocycles. The van der Waals surface area contributed by atoms with E-state index in [1.54, 1.807) is 12.3 Å². The molecule has 0 aliphatic carbocycles. The van der Waals surface area contributed by atoms with Crippen LogP contribution in [0.2, 0.25) is 0 Å². The summed E-state index contributed by atoms with van der Waals surface area (Å²) in [6.07, 6.45) is 4.52. The lowest BCUT2D eigenvalue weighted by Gasteiger charge is -2.04. The largest absolute Gasteiger partial charge is 0.352 e. The Morgan fingerprint density at radius 2 is 2.20 bits per heavy atom. The van der Waals surface area contributed by atoms with Crippen LogP contribution in [0.4, 0.5) is 0 Å². The van der Waals surface area contributed by atoms with Crippen LogP contribution in [0, 0.1) is 11.8 Å². The van der Waals surface area contributed by atoms with Gasteiger partial charge in [0.05, 0.1) is 17.9 Å². The number of carbonyl (C=O) groups excluding carboxylic acids is 1. The van der Waals surface area contributed by atoms with Crippen molar-refractivity contribution in [2.24, 2.45) is 5.73 Å². The highest BCUT2D eigenvalue weighted by Gasteiger charge is 2.07. The van der Waals surface area contributed by atoms with Gasteiger partial charge in [-0.25, -0.2) is 8.42 Å². The highest BCUT2D eigenvalue weighted by molar-refractivity contribution is 7.90. The molecule has 7 heteroatoms. The number of amides is 1. The fourth-order valence-electron chi connectivity index (χ4n) is 1.42. The first kappa shape index (κ1) is 16.1. The Bertz CT molecular complexity index is 630. The van der Waals surface area contributed by atoms with Gasteiger partial charge in [-0.15, -0.1) is 0 Å². The molecule has 0 radical (unpaired) electrons. The minimum absolute atomic E-state index is 0.0492. The molecule has 0 saturated heterocycles. The van der Waals surface area contributed by atoms with Crippen molar-refractivity contribution in [1.82, 2.24) is 10.3 Å².